The first-order chi connectivity index (χ1) is 15.6. The molecule has 0 rings (SSSR count). The molecule has 0 aliphatic rings. The molecule has 0 aliphatic heterocycles. The zero-order valence-corrected chi connectivity index (χ0v) is 25.0. The van der Waals surface area contributed by atoms with Crippen LogP contribution in [-0.4, -0.2) is 0 Å². The Labute approximate surface area is 212 Å². The normalized spacial score (nSPS) is 10.6. The summed E-state index contributed by atoms with van der Waals surface area (Å²) in [7, 11) is 0. The Morgan fingerprint density at radius 3 is 1.66 bits per heavy atom. The van der Waals surface area contributed by atoms with Crippen LogP contribution in [0.3, 0.4) is 0 Å². The van der Waals surface area contributed by atoms with Gasteiger partial charge < -0.3 is 0 Å². The molecule has 0 saturated carbocycles. The molecule has 0 aliphatic carbocycles. The number of unbranched alkanes of at least 4 members (excludes halogenated alkanes) is 9. The van der Waals surface area contributed by atoms with Crippen LogP contribution >= 0.6 is 12.6 Å². The maximum atomic E-state index is 4.47. The number of rotatable bonds is 15. The molecule has 32 heavy (non-hydrogen) atoms. The lowest BCUT2D eigenvalue weighted by Crippen LogP contribution is -1.80. The Bertz CT molecular complexity index is 363. The molecule has 0 unspecified atom stereocenters. The third kappa shape index (κ3) is 51.7. The second-order valence-electron chi connectivity index (χ2n) is 7.27. The van der Waals surface area contributed by atoms with Gasteiger partial charge in [-0.1, -0.05) is 130 Å². The second-order valence-corrected chi connectivity index (χ2v) is 7.85. The summed E-state index contributed by atoms with van der Waals surface area (Å²) in [6.45, 7) is 25.0. The predicted molar refractivity (Wildman–Crippen MR) is 161 cm³/mol. The van der Waals surface area contributed by atoms with Crippen LogP contribution in [0.4, 0.5) is 0 Å². The molecule has 1 heteroatoms. The average molecular weight is 469 g/mol. The van der Waals surface area contributed by atoms with E-state index >= 15 is 0 Å². The minimum absolute atomic E-state index is 1.03. The third-order valence-corrected chi connectivity index (χ3v) is 5.03. The van der Waals surface area contributed by atoms with Crippen molar-refractivity contribution in [3.8, 4) is 0 Å². The quantitative estimate of drug-likeness (QED) is 0.138. The molecule has 0 aromatic rings. The standard InChI is InChI=1S/C14H26S.C11H22.2C2H6.C2H4/c1-3-5-7-8-9-11-13-14(15)12-10-6-4-2;1-4-6-7-8-9-10-11(3)5-2;3*1-2/h4,6,12,15H,3,5,7-11,13H2,1-2H3;10H,4-9H2,1-3H3;2*1-2H3;1-2H2/b6-4+,14-12-;11-10-;;;. The van der Waals surface area contributed by atoms with Gasteiger partial charge in [0.15, 0.2) is 0 Å². The Hall–Kier alpha value is -0.690. The van der Waals surface area contributed by atoms with E-state index in [1.165, 1.54) is 82.0 Å². The Morgan fingerprint density at radius 2 is 1.19 bits per heavy atom. The molecule has 0 aromatic carbocycles. The Kier molecular flexibility index (Phi) is 62.2. The Morgan fingerprint density at radius 1 is 0.719 bits per heavy atom. The fraction of sp³-hybridized carbons (Fsp3) is 0.742. The lowest BCUT2D eigenvalue weighted by molar-refractivity contribution is 0.610. The third-order valence-electron chi connectivity index (χ3n) is 4.62. The van der Waals surface area contributed by atoms with Gasteiger partial charge in [0, 0.05) is 0 Å². The van der Waals surface area contributed by atoms with Gasteiger partial charge in [0.2, 0.25) is 0 Å². The van der Waals surface area contributed by atoms with Gasteiger partial charge in [0.25, 0.3) is 0 Å². The van der Waals surface area contributed by atoms with Crippen LogP contribution in [0.25, 0.3) is 0 Å². The SMILES string of the molecule is C/C=C/C/C=C(\S)CCCCCCCC.C=C.CC.CC.CCCCCC/C=C(/C)CC. The van der Waals surface area contributed by atoms with Crippen molar-refractivity contribution in [3.63, 3.8) is 0 Å². The van der Waals surface area contributed by atoms with E-state index in [-0.39, 0.29) is 0 Å². The summed E-state index contributed by atoms with van der Waals surface area (Å²) in [6, 6.07) is 0. The molecule has 194 valence electrons. The summed E-state index contributed by atoms with van der Waals surface area (Å²) in [4.78, 5) is 1.25. The minimum Gasteiger partial charge on any atom is -0.148 e. The zero-order chi connectivity index (χ0) is 25.9. The molecule has 0 nitrogen and oxygen atoms in total. The summed E-state index contributed by atoms with van der Waals surface area (Å²) < 4.78 is 0. The van der Waals surface area contributed by atoms with Crippen molar-refractivity contribution in [1.29, 1.82) is 0 Å². The van der Waals surface area contributed by atoms with E-state index < -0.39 is 0 Å². The van der Waals surface area contributed by atoms with Crippen molar-refractivity contribution in [2.45, 2.75) is 152 Å². The molecule has 0 atom stereocenters. The molecule has 0 bridgehead atoms. The monoisotopic (exact) mass is 468 g/mol. The first-order valence-electron chi connectivity index (χ1n) is 13.8. The van der Waals surface area contributed by atoms with Crippen molar-refractivity contribution in [2.24, 2.45) is 0 Å². The maximum absolute atomic E-state index is 4.47. The second kappa shape index (κ2) is 47.9. The molecule has 0 aromatic heterocycles. The van der Waals surface area contributed by atoms with Gasteiger partial charge >= 0.3 is 0 Å². The molecule has 0 spiro atoms. The topological polar surface area (TPSA) is 0 Å². The average Bonchev–Trinajstić information content (AvgIpc) is 2.85. The van der Waals surface area contributed by atoms with Crippen molar-refractivity contribution < 1.29 is 0 Å². The van der Waals surface area contributed by atoms with Crippen LogP contribution in [0.2, 0.25) is 0 Å². The molecule has 0 saturated heterocycles. The van der Waals surface area contributed by atoms with Crippen LogP contribution in [0, 0.1) is 0 Å². The molecule has 0 N–H and O–H groups in total. The van der Waals surface area contributed by atoms with Gasteiger partial charge in [-0.3, -0.25) is 0 Å². The molecular formula is C31H64S. The minimum atomic E-state index is 1.03. The molecular weight excluding hydrogens is 404 g/mol. The fourth-order valence-electron chi connectivity index (χ4n) is 2.59. The van der Waals surface area contributed by atoms with Crippen LogP contribution in [0.5, 0.6) is 0 Å². The van der Waals surface area contributed by atoms with E-state index in [0.29, 0.717) is 0 Å². The van der Waals surface area contributed by atoms with Crippen LogP contribution < -0.4 is 0 Å². The van der Waals surface area contributed by atoms with E-state index in [0.717, 1.165) is 12.8 Å². The number of thiol groups is 1. The van der Waals surface area contributed by atoms with Crippen molar-refractivity contribution in [2.75, 3.05) is 0 Å². The van der Waals surface area contributed by atoms with E-state index in [1.807, 2.05) is 27.7 Å². The van der Waals surface area contributed by atoms with E-state index in [2.05, 4.69) is 84.7 Å². The summed E-state index contributed by atoms with van der Waals surface area (Å²) in [5, 5.41) is 0. The summed E-state index contributed by atoms with van der Waals surface area (Å²) in [5.41, 5.74) is 1.54. The number of hydrogen-bond acceptors (Lipinski definition) is 1. The van der Waals surface area contributed by atoms with Crippen molar-refractivity contribution in [3.05, 3.63) is 47.9 Å². The summed E-state index contributed by atoms with van der Waals surface area (Å²) in [5.74, 6) is 0. The van der Waals surface area contributed by atoms with E-state index in [1.54, 1.807) is 5.57 Å². The first-order valence-corrected chi connectivity index (χ1v) is 14.2. The van der Waals surface area contributed by atoms with Crippen molar-refractivity contribution >= 4 is 12.6 Å². The maximum Gasteiger partial charge on any atom is -0.0158 e. The molecule has 0 amide bonds. The Balaban J connectivity index is -0.000000126. The number of hydrogen-bond donors (Lipinski definition) is 1. The van der Waals surface area contributed by atoms with Crippen LogP contribution in [0.1, 0.15) is 152 Å². The fourth-order valence-corrected chi connectivity index (χ4v) is 2.86. The van der Waals surface area contributed by atoms with Crippen LogP contribution in [-0.2, 0) is 0 Å². The van der Waals surface area contributed by atoms with Gasteiger partial charge in [0.05, 0.1) is 0 Å². The van der Waals surface area contributed by atoms with E-state index in [4.69, 9.17) is 0 Å². The first kappa shape index (κ1) is 41.6. The van der Waals surface area contributed by atoms with Crippen molar-refractivity contribution in [1.82, 2.24) is 0 Å². The highest BCUT2D eigenvalue weighted by molar-refractivity contribution is 7.84. The summed E-state index contributed by atoms with van der Waals surface area (Å²) >= 11 is 4.47. The number of allylic oxidation sites excluding steroid dienone is 6. The van der Waals surface area contributed by atoms with Gasteiger partial charge in [0.1, 0.15) is 0 Å². The van der Waals surface area contributed by atoms with Crippen LogP contribution in [0.15, 0.2) is 47.9 Å². The van der Waals surface area contributed by atoms with Gasteiger partial charge in [-0.05, 0) is 57.3 Å². The molecule has 0 radical (unpaired) electrons. The highest BCUT2D eigenvalue weighted by Crippen LogP contribution is 2.15. The summed E-state index contributed by atoms with van der Waals surface area (Å²) in [6.07, 6.45) is 27.3. The van der Waals surface area contributed by atoms with Gasteiger partial charge in [-0.25, -0.2) is 0 Å². The predicted octanol–water partition coefficient (Wildman–Crippen LogP) is 12.7. The zero-order valence-electron chi connectivity index (χ0n) is 24.1. The van der Waals surface area contributed by atoms with Gasteiger partial charge in [-0.15, -0.1) is 25.8 Å². The lowest BCUT2D eigenvalue weighted by atomic mass is 10.1. The largest absolute Gasteiger partial charge is 0.148 e. The van der Waals surface area contributed by atoms with E-state index in [9.17, 15) is 0 Å². The molecule has 0 heterocycles. The smallest absolute Gasteiger partial charge is 0.0158 e. The highest BCUT2D eigenvalue weighted by Gasteiger charge is 1.92. The van der Waals surface area contributed by atoms with Gasteiger partial charge in [-0.2, -0.15) is 0 Å². The lowest BCUT2D eigenvalue weighted by Gasteiger charge is -2.01. The molecule has 0 fully saturated rings. The highest BCUT2D eigenvalue weighted by atomic mass is 32.1.